The first-order valence-corrected chi connectivity index (χ1v) is 5.97. The quantitative estimate of drug-likeness (QED) is 0.877. The van der Waals surface area contributed by atoms with Crippen molar-refractivity contribution in [3.63, 3.8) is 0 Å². The van der Waals surface area contributed by atoms with Crippen molar-refractivity contribution in [1.29, 1.82) is 0 Å². The molecule has 1 aromatic heterocycles. The van der Waals surface area contributed by atoms with Gasteiger partial charge in [0.25, 0.3) is 0 Å². The molecule has 2 rings (SSSR count). The molecule has 1 aromatic rings. The summed E-state index contributed by atoms with van der Waals surface area (Å²) in [6.45, 7) is 2.19. The van der Waals surface area contributed by atoms with Gasteiger partial charge in [-0.3, -0.25) is 0 Å². The number of aryl methyl sites for hydroxylation is 1. The summed E-state index contributed by atoms with van der Waals surface area (Å²) in [5.41, 5.74) is 13.2. The zero-order valence-electron chi connectivity index (χ0n) is 9.36. The Morgan fingerprint density at radius 1 is 1.44 bits per heavy atom. The molecule has 1 aliphatic carbocycles. The van der Waals surface area contributed by atoms with E-state index in [0.29, 0.717) is 5.13 Å². The van der Waals surface area contributed by atoms with E-state index in [4.69, 9.17) is 11.5 Å². The SMILES string of the molecule is CCC[C@]1(N)CCc2nc(N)sc2C1.Cl.Cl. The molecule has 4 N–H and O–H groups in total. The van der Waals surface area contributed by atoms with E-state index >= 15 is 0 Å². The fraction of sp³-hybridized carbons (Fsp3) is 0.700. The van der Waals surface area contributed by atoms with Crippen molar-refractivity contribution in [2.45, 2.75) is 44.6 Å². The van der Waals surface area contributed by atoms with E-state index < -0.39 is 0 Å². The van der Waals surface area contributed by atoms with Crippen LogP contribution < -0.4 is 11.5 Å². The van der Waals surface area contributed by atoms with Crippen molar-refractivity contribution in [3.05, 3.63) is 10.6 Å². The average Bonchev–Trinajstić information content (AvgIpc) is 2.44. The highest BCUT2D eigenvalue weighted by Gasteiger charge is 2.31. The van der Waals surface area contributed by atoms with Gasteiger partial charge in [0.2, 0.25) is 0 Å². The normalized spacial score (nSPS) is 22.9. The summed E-state index contributed by atoms with van der Waals surface area (Å²) >= 11 is 1.61. The number of nitrogens with zero attached hydrogens (tertiary/aromatic N) is 1. The monoisotopic (exact) mass is 283 g/mol. The molecule has 0 unspecified atom stereocenters. The summed E-state index contributed by atoms with van der Waals surface area (Å²) in [6.07, 6.45) is 5.27. The number of aromatic nitrogens is 1. The highest BCUT2D eigenvalue weighted by Crippen LogP contribution is 2.34. The zero-order valence-corrected chi connectivity index (χ0v) is 11.8. The fourth-order valence-electron chi connectivity index (χ4n) is 2.22. The van der Waals surface area contributed by atoms with E-state index in [2.05, 4.69) is 11.9 Å². The van der Waals surface area contributed by atoms with Crippen LogP contribution in [0, 0.1) is 0 Å². The first-order valence-electron chi connectivity index (χ1n) is 5.16. The van der Waals surface area contributed by atoms with Crippen molar-refractivity contribution < 1.29 is 0 Å². The van der Waals surface area contributed by atoms with Crippen molar-refractivity contribution in [2.24, 2.45) is 5.73 Å². The number of hydrogen-bond donors (Lipinski definition) is 2. The third kappa shape index (κ3) is 3.23. The second kappa shape index (κ2) is 6.05. The van der Waals surface area contributed by atoms with Gasteiger partial charge in [0.1, 0.15) is 0 Å². The van der Waals surface area contributed by atoms with Gasteiger partial charge < -0.3 is 11.5 Å². The molecule has 0 aliphatic heterocycles. The lowest BCUT2D eigenvalue weighted by Gasteiger charge is -2.32. The van der Waals surface area contributed by atoms with E-state index in [-0.39, 0.29) is 30.4 Å². The predicted octanol–water partition coefficient (Wildman–Crippen LogP) is 2.56. The molecule has 1 atom stereocenters. The summed E-state index contributed by atoms with van der Waals surface area (Å²) < 4.78 is 0. The number of thiazole rings is 1. The van der Waals surface area contributed by atoms with Crippen molar-refractivity contribution in [2.75, 3.05) is 5.73 Å². The van der Waals surface area contributed by atoms with Crippen LogP contribution >= 0.6 is 36.2 Å². The van der Waals surface area contributed by atoms with Crippen LogP contribution in [0.25, 0.3) is 0 Å². The van der Waals surface area contributed by atoms with Gasteiger partial charge in [-0.25, -0.2) is 4.98 Å². The molecule has 0 saturated carbocycles. The molecule has 0 spiro atoms. The minimum Gasteiger partial charge on any atom is -0.375 e. The maximum absolute atomic E-state index is 6.33. The van der Waals surface area contributed by atoms with Crippen LogP contribution in [0.2, 0.25) is 0 Å². The van der Waals surface area contributed by atoms with Crippen LogP contribution in [0.15, 0.2) is 0 Å². The third-order valence-corrected chi connectivity index (χ3v) is 3.84. The van der Waals surface area contributed by atoms with E-state index in [0.717, 1.165) is 32.1 Å². The average molecular weight is 284 g/mol. The molecule has 0 amide bonds. The third-order valence-electron chi connectivity index (χ3n) is 2.91. The summed E-state index contributed by atoms with van der Waals surface area (Å²) in [7, 11) is 0. The van der Waals surface area contributed by atoms with Gasteiger partial charge in [0.05, 0.1) is 5.69 Å². The number of anilines is 1. The molecular weight excluding hydrogens is 265 g/mol. The van der Waals surface area contributed by atoms with Gasteiger partial charge in [-0.05, 0) is 19.3 Å². The van der Waals surface area contributed by atoms with Crippen molar-refractivity contribution in [3.8, 4) is 0 Å². The Bertz CT molecular complexity index is 343. The Balaban J connectivity index is 0.00000112. The number of fused-ring (bicyclic) bond motifs is 1. The first-order chi connectivity index (χ1) is 6.63. The highest BCUT2D eigenvalue weighted by molar-refractivity contribution is 7.15. The molecule has 0 aromatic carbocycles. The number of halogens is 2. The van der Waals surface area contributed by atoms with Gasteiger partial charge in [0.15, 0.2) is 5.13 Å². The second-order valence-corrected chi connectivity index (χ2v) is 5.33. The smallest absolute Gasteiger partial charge is 0.180 e. The molecule has 3 nitrogen and oxygen atoms in total. The summed E-state index contributed by atoms with van der Waals surface area (Å²) in [6, 6.07) is 0. The Morgan fingerprint density at radius 2 is 2.12 bits per heavy atom. The van der Waals surface area contributed by atoms with Gasteiger partial charge in [-0.2, -0.15) is 0 Å². The van der Waals surface area contributed by atoms with E-state index in [1.54, 1.807) is 11.3 Å². The van der Waals surface area contributed by atoms with Gasteiger partial charge in [0, 0.05) is 16.8 Å². The molecule has 94 valence electrons. The van der Waals surface area contributed by atoms with Crippen molar-refractivity contribution in [1.82, 2.24) is 4.98 Å². The molecular formula is C10H19Cl2N3S. The van der Waals surface area contributed by atoms with Gasteiger partial charge >= 0.3 is 0 Å². The van der Waals surface area contributed by atoms with Crippen molar-refractivity contribution >= 4 is 41.3 Å². The molecule has 0 bridgehead atoms. The molecule has 0 fully saturated rings. The van der Waals surface area contributed by atoms with Gasteiger partial charge in [-0.1, -0.05) is 13.3 Å². The lowest BCUT2D eigenvalue weighted by Crippen LogP contribution is -2.44. The lowest BCUT2D eigenvalue weighted by atomic mass is 9.81. The van der Waals surface area contributed by atoms with E-state index in [1.807, 2.05) is 0 Å². The fourth-order valence-corrected chi connectivity index (χ4v) is 3.26. The summed E-state index contributed by atoms with van der Waals surface area (Å²) in [4.78, 5) is 5.63. The van der Waals surface area contributed by atoms with Crippen LogP contribution in [0.3, 0.4) is 0 Å². The Kier molecular flexibility index (Phi) is 6.04. The van der Waals surface area contributed by atoms with E-state index in [9.17, 15) is 0 Å². The minimum absolute atomic E-state index is 0. The summed E-state index contributed by atoms with van der Waals surface area (Å²) in [5, 5.41) is 0.691. The van der Waals surface area contributed by atoms with E-state index in [1.165, 1.54) is 10.6 Å². The number of rotatable bonds is 2. The van der Waals surface area contributed by atoms with Crippen LogP contribution in [-0.4, -0.2) is 10.5 Å². The molecule has 16 heavy (non-hydrogen) atoms. The molecule has 0 saturated heterocycles. The predicted molar refractivity (Wildman–Crippen MR) is 74.9 cm³/mol. The maximum atomic E-state index is 6.33. The minimum atomic E-state index is 0. The van der Waals surface area contributed by atoms with Crippen LogP contribution in [0.5, 0.6) is 0 Å². The molecule has 1 aliphatic rings. The number of hydrogen-bond acceptors (Lipinski definition) is 4. The Labute approximate surface area is 113 Å². The number of nitrogen functional groups attached to an aromatic ring is 1. The molecule has 6 heteroatoms. The van der Waals surface area contributed by atoms with Crippen LogP contribution in [0.4, 0.5) is 5.13 Å². The Hall–Kier alpha value is -0.0300. The van der Waals surface area contributed by atoms with Crippen LogP contribution in [0.1, 0.15) is 36.8 Å². The zero-order chi connectivity index (χ0) is 10.2. The standard InChI is InChI=1S/C10H17N3S.2ClH/c1-2-4-10(12)5-3-7-8(6-10)14-9(11)13-7;;/h2-6,12H2,1H3,(H2,11,13);2*1H/t10-;;/m0../s1. The Morgan fingerprint density at radius 3 is 2.75 bits per heavy atom. The van der Waals surface area contributed by atoms with Crippen LogP contribution in [-0.2, 0) is 12.8 Å². The molecule has 1 heterocycles. The lowest BCUT2D eigenvalue weighted by molar-refractivity contribution is 0.344. The first kappa shape index (κ1) is 16.0. The summed E-state index contributed by atoms with van der Waals surface area (Å²) in [5.74, 6) is 0. The van der Waals surface area contributed by atoms with Gasteiger partial charge in [-0.15, -0.1) is 36.2 Å². The highest BCUT2D eigenvalue weighted by atomic mass is 35.5. The second-order valence-electron chi connectivity index (χ2n) is 4.21. The topological polar surface area (TPSA) is 64.9 Å². The molecule has 0 radical (unpaired) electrons. The maximum Gasteiger partial charge on any atom is 0.180 e. The number of nitrogens with two attached hydrogens (primary N) is 2. The largest absolute Gasteiger partial charge is 0.375 e.